The third kappa shape index (κ3) is 5.61. The fourth-order valence-corrected chi connectivity index (χ4v) is 3.51. The Morgan fingerprint density at radius 3 is 2.69 bits per heavy atom. The lowest BCUT2D eigenvalue weighted by Crippen LogP contribution is -2.45. The highest BCUT2D eigenvalue weighted by molar-refractivity contribution is 5.57. The molecule has 1 saturated heterocycles. The second-order valence-corrected chi connectivity index (χ2v) is 7.37. The average molecular weight is 452 g/mol. The highest BCUT2D eigenvalue weighted by Gasteiger charge is 2.36. The Labute approximate surface area is 180 Å². The molecular formula is C21H20F4N4O3. The Hall–Kier alpha value is -3.02. The van der Waals surface area contributed by atoms with Gasteiger partial charge in [-0.25, -0.2) is 9.07 Å². The van der Waals surface area contributed by atoms with Gasteiger partial charge in [0.15, 0.2) is 0 Å². The Kier molecular flexibility index (Phi) is 6.40. The fourth-order valence-electron chi connectivity index (χ4n) is 3.51. The summed E-state index contributed by atoms with van der Waals surface area (Å²) in [7, 11) is 0. The number of aromatic nitrogens is 3. The van der Waals surface area contributed by atoms with Crippen LogP contribution in [-0.2, 0) is 17.8 Å². The first-order chi connectivity index (χ1) is 15.3. The summed E-state index contributed by atoms with van der Waals surface area (Å²) in [6.07, 6.45) is -4.26. The van der Waals surface area contributed by atoms with Crippen molar-refractivity contribution in [3.05, 3.63) is 66.1 Å². The topological polar surface area (TPSA) is 81.4 Å². The van der Waals surface area contributed by atoms with Crippen LogP contribution in [0.2, 0.25) is 0 Å². The summed E-state index contributed by atoms with van der Waals surface area (Å²) >= 11 is 0. The molecule has 2 heterocycles. The van der Waals surface area contributed by atoms with E-state index in [2.05, 4.69) is 20.4 Å². The molecule has 1 aliphatic heterocycles. The fraction of sp³-hybridized carbons (Fsp3) is 0.333. The molecule has 2 N–H and O–H groups in total. The molecule has 0 spiro atoms. The lowest BCUT2D eigenvalue weighted by atomic mass is 10.1. The molecule has 0 bridgehead atoms. The van der Waals surface area contributed by atoms with Crippen molar-refractivity contribution >= 4 is 0 Å². The molecular weight excluding hydrogens is 432 g/mol. The van der Waals surface area contributed by atoms with Gasteiger partial charge in [-0.2, -0.15) is 0 Å². The van der Waals surface area contributed by atoms with E-state index < -0.39 is 24.6 Å². The van der Waals surface area contributed by atoms with Crippen molar-refractivity contribution in [3.8, 4) is 17.0 Å². The Morgan fingerprint density at radius 1 is 1.19 bits per heavy atom. The second kappa shape index (κ2) is 9.23. The van der Waals surface area contributed by atoms with E-state index in [-0.39, 0.29) is 18.2 Å². The Balaban J connectivity index is 1.36. The average Bonchev–Trinajstić information content (AvgIpc) is 3.34. The summed E-state index contributed by atoms with van der Waals surface area (Å²) in [6, 6.07) is 11.1. The summed E-state index contributed by atoms with van der Waals surface area (Å²) in [5, 5.41) is 21.6. The number of hydrogen-bond acceptors (Lipinski definition) is 6. The van der Waals surface area contributed by atoms with Crippen LogP contribution in [0.25, 0.3) is 11.3 Å². The van der Waals surface area contributed by atoms with Crippen LogP contribution in [0.5, 0.6) is 5.75 Å². The van der Waals surface area contributed by atoms with Crippen LogP contribution in [-0.4, -0.2) is 51.3 Å². The maximum Gasteiger partial charge on any atom is 0.573 e. The van der Waals surface area contributed by atoms with E-state index >= 15 is 0 Å². The van der Waals surface area contributed by atoms with Crippen LogP contribution in [0, 0.1) is 5.82 Å². The van der Waals surface area contributed by atoms with E-state index in [1.54, 1.807) is 23.0 Å². The van der Waals surface area contributed by atoms with Gasteiger partial charge in [0.2, 0.25) is 0 Å². The molecule has 1 aromatic heterocycles. The molecule has 11 heteroatoms. The van der Waals surface area contributed by atoms with Gasteiger partial charge in [-0.3, -0.25) is 0 Å². The number of rotatable bonds is 7. The minimum atomic E-state index is -4.74. The van der Waals surface area contributed by atoms with Crippen LogP contribution in [0.3, 0.4) is 0 Å². The van der Waals surface area contributed by atoms with E-state index in [0.717, 1.165) is 0 Å². The van der Waals surface area contributed by atoms with Gasteiger partial charge in [-0.15, -0.1) is 18.3 Å². The van der Waals surface area contributed by atoms with Gasteiger partial charge in [0.1, 0.15) is 17.3 Å². The standard InChI is InChI=1S/C21H20F4N4O3/c22-15-3-1-2-14(8-15)17-10-29(28-27-17)11-19-20(18(30)12-31-19)26-9-13-4-6-16(7-5-13)32-21(23,24)25/h1-8,10,18-20,26,30H,9,11-12H2/t18-,19+,20+/m0/s1. The first kappa shape index (κ1) is 22.2. The molecule has 0 saturated carbocycles. The number of halogens is 4. The SMILES string of the molecule is O[C@H]1CO[C@H](Cn2cc(-c3cccc(F)c3)nn2)[C@@H]1NCc1ccc(OC(F)(F)F)cc1. The molecule has 1 fully saturated rings. The summed E-state index contributed by atoms with van der Waals surface area (Å²) in [5.41, 5.74) is 1.82. The first-order valence-corrected chi connectivity index (χ1v) is 9.81. The molecule has 4 rings (SSSR count). The number of benzene rings is 2. The van der Waals surface area contributed by atoms with E-state index in [4.69, 9.17) is 4.74 Å². The number of ether oxygens (including phenoxy) is 2. The number of nitrogens with one attached hydrogen (secondary N) is 1. The van der Waals surface area contributed by atoms with E-state index in [0.29, 0.717) is 29.9 Å². The largest absolute Gasteiger partial charge is 0.573 e. The molecule has 0 unspecified atom stereocenters. The second-order valence-electron chi connectivity index (χ2n) is 7.37. The van der Waals surface area contributed by atoms with Crippen LogP contribution in [0.1, 0.15) is 5.56 Å². The highest BCUT2D eigenvalue weighted by atomic mass is 19.4. The van der Waals surface area contributed by atoms with Crippen LogP contribution in [0.4, 0.5) is 17.6 Å². The van der Waals surface area contributed by atoms with Crippen molar-refractivity contribution in [1.29, 1.82) is 0 Å². The highest BCUT2D eigenvalue weighted by Crippen LogP contribution is 2.23. The van der Waals surface area contributed by atoms with E-state index in [1.165, 1.54) is 36.4 Å². The van der Waals surface area contributed by atoms with Crippen LogP contribution >= 0.6 is 0 Å². The van der Waals surface area contributed by atoms with Gasteiger partial charge in [-0.05, 0) is 29.8 Å². The molecule has 32 heavy (non-hydrogen) atoms. The maximum atomic E-state index is 13.4. The quantitative estimate of drug-likeness (QED) is 0.537. The zero-order valence-electron chi connectivity index (χ0n) is 16.7. The smallest absolute Gasteiger partial charge is 0.406 e. The predicted molar refractivity (Wildman–Crippen MR) is 105 cm³/mol. The molecule has 1 aliphatic rings. The number of alkyl halides is 3. The normalized spacial score (nSPS) is 21.1. The van der Waals surface area contributed by atoms with Gasteiger partial charge in [0, 0.05) is 12.1 Å². The summed E-state index contributed by atoms with van der Waals surface area (Å²) in [6.45, 7) is 0.737. The van der Waals surface area contributed by atoms with Crippen molar-refractivity contribution in [2.24, 2.45) is 0 Å². The zero-order chi connectivity index (χ0) is 22.7. The third-order valence-electron chi connectivity index (χ3n) is 5.02. The van der Waals surface area contributed by atoms with Gasteiger partial charge in [-0.1, -0.05) is 29.5 Å². The maximum absolute atomic E-state index is 13.4. The number of aliphatic hydroxyl groups is 1. The third-order valence-corrected chi connectivity index (χ3v) is 5.02. The predicted octanol–water partition coefficient (Wildman–Crippen LogP) is 2.90. The first-order valence-electron chi connectivity index (χ1n) is 9.81. The van der Waals surface area contributed by atoms with Crippen molar-refractivity contribution in [2.45, 2.75) is 37.7 Å². The number of nitrogens with zero attached hydrogens (tertiary/aromatic N) is 3. The molecule has 3 atom stereocenters. The number of hydrogen-bond donors (Lipinski definition) is 2. The van der Waals surface area contributed by atoms with E-state index in [9.17, 15) is 22.7 Å². The molecule has 0 amide bonds. The Bertz CT molecular complexity index is 1040. The molecule has 2 aromatic carbocycles. The lowest BCUT2D eigenvalue weighted by Gasteiger charge is -2.21. The molecule has 0 aliphatic carbocycles. The Morgan fingerprint density at radius 2 is 1.97 bits per heavy atom. The molecule has 7 nitrogen and oxygen atoms in total. The van der Waals surface area contributed by atoms with E-state index in [1.807, 2.05) is 0 Å². The lowest BCUT2D eigenvalue weighted by molar-refractivity contribution is -0.274. The molecule has 3 aromatic rings. The minimum absolute atomic E-state index is 0.131. The summed E-state index contributed by atoms with van der Waals surface area (Å²) < 4.78 is 61.3. The van der Waals surface area contributed by atoms with Crippen molar-refractivity contribution in [1.82, 2.24) is 20.3 Å². The monoisotopic (exact) mass is 452 g/mol. The minimum Gasteiger partial charge on any atom is -0.406 e. The van der Waals surface area contributed by atoms with Crippen LogP contribution in [0.15, 0.2) is 54.7 Å². The van der Waals surface area contributed by atoms with Crippen molar-refractivity contribution in [3.63, 3.8) is 0 Å². The van der Waals surface area contributed by atoms with Gasteiger partial charge < -0.3 is 19.9 Å². The molecule has 170 valence electrons. The molecule has 0 radical (unpaired) electrons. The van der Waals surface area contributed by atoms with Crippen molar-refractivity contribution < 1.29 is 32.1 Å². The van der Waals surface area contributed by atoms with Gasteiger partial charge in [0.05, 0.1) is 37.6 Å². The van der Waals surface area contributed by atoms with Gasteiger partial charge >= 0.3 is 6.36 Å². The summed E-state index contributed by atoms with van der Waals surface area (Å²) in [4.78, 5) is 0. The zero-order valence-corrected chi connectivity index (χ0v) is 16.7. The van der Waals surface area contributed by atoms with Crippen molar-refractivity contribution in [2.75, 3.05) is 6.61 Å². The van der Waals surface area contributed by atoms with Crippen LogP contribution < -0.4 is 10.1 Å². The number of aliphatic hydroxyl groups excluding tert-OH is 1. The summed E-state index contributed by atoms with van der Waals surface area (Å²) in [5.74, 6) is -0.676. The van der Waals surface area contributed by atoms with Gasteiger partial charge in [0.25, 0.3) is 0 Å².